The van der Waals surface area contributed by atoms with E-state index in [9.17, 15) is 13.2 Å². The molecular weight excluding hydrogens is 265 g/mol. The summed E-state index contributed by atoms with van der Waals surface area (Å²) in [5, 5.41) is 2.90. The fraction of sp³-hybridized carbons (Fsp3) is 0.600. The highest BCUT2D eigenvalue weighted by Gasteiger charge is 2.35. The zero-order valence-electron chi connectivity index (χ0n) is 12.1. The van der Waals surface area contributed by atoms with E-state index in [0.29, 0.717) is 6.54 Å². The molecule has 2 rings (SSSR count). The Labute approximate surface area is 118 Å². The van der Waals surface area contributed by atoms with Crippen molar-refractivity contribution in [3.05, 3.63) is 29.3 Å². The number of benzene rings is 1. The van der Waals surface area contributed by atoms with Crippen LogP contribution in [-0.2, 0) is 12.0 Å². The summed E-state index contributed by atoms with van der Waals surface area (Å²) in [5.74, 6) is 0. The molecule has 0 aliphatic carbocycles. The smallest absolute Gasteiger partial charge is 0.373 e. The molecule has 0 radical (unpaired) electrons. The summed E-state index contributed by atoms with van der Waals surface area (Å²) in [6.45, 7) is 5.73. The number of nitrogens with zero attached hydrogens (tertiary/aromatic N) is 1. The van der Waals surface area contributed by atoms with Crippen LogP contribution in [-0.4, -0.2) is 26.3 Å². The second kappa shape index (κ2) is 5.28. The van der Waals surface area contributed by atoms with Gasteiger partial charge in [0, 0.05) is 37.8 Å². The average molecular weight is 286 g/mol. The minimum absolute atomic E-state index is 0.0341. The Morgan fingerprint density at radius 1 is 1.30 bits per heavy atom. The van der Waals surface area contributed by atoms with Crippen molar-refractivity contribution in [1.29, 1.82) is 0 Å². The Morgan fingerprint density at radius 3 is 2.65 bits per heavy atom. The highest BCUT2D eigenvalue weighted by molar-refractivity contribution is 5.64. The van der Waals surface area contributed by atoms with Gasteiger partial charge in [0.1, 0.15) is 0 Å². The molecule has 0 unspecified atom stereocenters. The van der Waals surface area contributed by atoms with Gasteiger partial charge in [0.2, 0.25) is 0 Å². The van der Waals surface area contributed by atoms with Crippen molar-refractivity contribution < 1.29 is 13.2 Å². The van der Waals surface area contributed by atoms with Crippen LogP contribution in [0.5, 0.6) is 0 Å². The van der Waals surface area contributed by atoms with Gasteiger partial charge in [0.25, 0.3) is 0 Å². The Bertz CT molecular complexity index is 480. The lowest BCUT2D eigenvalue weighted by Crippen LogP contribution is -2.26. The van der Waals surface area contributed by atoms with Crippen LogP contribution in [0.3, 0.4) is 0 Å². The number of hydrogen-bond acceptors (Lipinski definition) is 2. The fourth-order valence-corrected chi connectivity index (χ4v) is 3.04. The maximum atomic E-state index is 12.1. The maximum absolute atomic E-state index is 12.1. The van der Waals surface area contributed by atoms with Gasteiger partial charge >= 0.3 is 6.18 Å². The summed E-state index contributed by atoms with van der Waals surface area (Å²) in [6, 6.07) is 6.04. The molecule has 1 aliphatic rings. The highest BCUT2D eigenvalue weighted by atomic mass is 19.4. The van der Waals surface area contributed by atoms with Crippen LogP contribution in [0.25, 0.3) is 0 Å². The average Bonchev–Trinajstić information content (AvgIpc) is 2.55. The van der Waals surface area contributed by atoms with Gasteiger partial charge < -0.3 is 10.2 Å². The number of nitrogens with one attached hydrogen (secondary N) is 1. The van der Waals surface area contributed by atoms with E-state index in [1.54, 1.807) is 0 Å². The third-order valence-corrected chi connectivity index (χ3v) is 3.75. The zero-order valence-corrected chi connectivity index (χ0v) is 12.1. The van der Waals surface area contributed by atoms with E-state index >= 15 is 0 Å². The van der Waals surface area contributed by atoms with Crippen molar-refractivity contribution in [1.82, 2.24) is 5.32 Å². The first-order valence-corrected chi connectivity index (χ1v) is 6.82. The molecule has 5 heteroatoms. The van der Waals surface area contributed by atoms with Crippen LogP contribution in [0, 0.1) is 0 Å². The zero-order chi connectivity index (χ0) is 15.0. The summed E-state index contributed by atoms with van der Waals surface area (Å²) < 4.78 is 36.4. The summed E-state index contributed by atoms with van der Waals surface area (Å²) in [5.41, 5.74) is 3.57. The molecule has 2 nitrogen and oxygen atoms in total. The lowest BCUT2D eigenvalue weighted by Gasteiger charge is -2.21. The van der Waals surface area contributed by atoms with Crippen molar-refractivity contribution in [2.24, 2.45) is 0 Å². The lowest BCUT2D eigenvalue weighted by atomic mass is 9.83. The van der Waals surface area contributed by atoms with Gasteiger partial charge in [-0.2, -0.15) is 13.2 Å². The van der Waals surface area contributed by atoms with Crippen molar-refractivity contribution >= 4 is 5.69 Å². The molecule has 0 aromatic heterocycles. The fourth-order valence-electron chi connectivity index (χ4n) is 3.04. The number of hydrogen-bond donors (Lipinski definition) is 1. The highest BCUT2D eigenvalue weighted by Crippen LogP contribution is 2.41. The van der Waals surface area contributed by atoms with Crippen LogP contribution in [0.1, 0.15) is 31.4 Å². The predicted molar refractivity (Wildman–Crippen MR) is 75.1 cm³/mol. The van der Waals surface area contributed by atoms with Crippen LogP contribution in [0.2, 0.25) is 0 Å². The van der Waals surface area contributed by atoms with Gasteiger partial charge in [0.05, 0.1) is 6.42 Å². The first-order valence-electron chi connectivity index (χ1n) is 6.82. The largest absolute Gasteiger partial charge is 0.390 e. The second-order valence-electron chi connectivity index (χ2n) is 6.09. The molecule has 0 saturated carbocycles. The molecule has 112 valence electrons. The number of likely N-dealkylation sites (N-methyl/N-ethyl adjacent to an activating group) is 1. The number of rotatable bonds is 4. The van der Waals surface area contributed by atoms with E-state index in [1.165, 1.54) is 11.3 Å². The van der Waals surface area contributed by atoms with E-state index in [-0.39, 0.29) is 12.0 Å². The van der Waals surface area contributed by atoms with Crippen LogP contribution < -0.4 is 10.2 Å². The monoisotopic (exact) mass is 286 g/mol. The molecule has 0 saturated heterocycles. The van der Waals surface area contributed by atoms with Crippen LogP contribution in [0.4, 0.5) is 18.9 Å². The quantitative estimate of drug-likeness (QED) is 0.853. The lowest BCUT2D eigenvalue weighted by molar-refractivity contribution is -0.133. The maximum Gasteiger partial charge on any atom is 0.390 e. The van der Waals surface area contributed by atoms with E-state index < -0.39 is 12.6 Å². The summed E-state index contributed by atoms with van der Waals surface area (Å²) in [4.78, 5) is 2.20. The topological polar surface area (TPSA) is 15.3 Å². The van der Waals surface area contributed by atoms with Gasteiger partial charge in [-0.15, -0.1) is 0 Å². The molecular formula is C15H21F3N2. The summed E-state index contributed by atoms with van der Waals surface area (Å²) in [7, 11) is 2.05. The van der Waals surface area contributed by atoms with Crippen molar-refractivity contribution in [3.8, 4) is 0 Å². The molecule has 0 spiro atoms. The Balaban J connectivity index is 2.07. The second-order valence-corrected chi connectivity index (χ2v) is 6.09. The third-order valence-electron chi connectivity index (χ3n) is 3.75. The Morgan fingerprint density at radius 2 is 2.00 bits per heavy atom. The van der Waals surface area contributed by atoms with Gasteiger partial charge in [0.15, 0.2) is 0 Å². The van der Waals surface area contributed by atoms with Gasteiger partial charge in [-0.05, 0) is 17.2 Å². The number of fused-ring (bicyclic) bond motifs is 1. The normalized spacial score (nSPS) is 17.4. The van der Waals surface area contributed by atoms with Crippen molar-refractivity contribution in [2.75, 3.05) is 25.0 Å². The van der Waals surface area contributed by atoms with E-state index in [2.05, 4.69) is 37.2 Å². The Kier molecular flexibility index (Phi) is 4.00. The molecule has 0 atom stereocenters. The molecule has 0 fully saturated rings. The summed E-state index contributed by atoms with van der Waals surface area (Å²) in [6.07, 6.45) is -4.88. The standard InChI is InChI=1S/C15H21F3N2/c1-14(2)10-20(3)12-6-4-5-11(13(12)14)9-19-8-7-15(16,17)18/h4-6,19H,7-10H2,1-3H3. The number of halogens is 3. The SMILES string of the molecule is CN1CC(C)(C)c2c(CNCCC(F)(F)F)cccc21. The Hall–Kier alpha value is -1.23. The van der Waals surface area contributed by atoms with Gasteiger partial charge in [-0.3, -0.25) is 0 Å². The van der Waals surface area contributed by atoms with Crippen molar-refractivity contribution in [3.63, 3.8) is 0 Å². The number of alkyl halides is 3. The minimum Gasteiger partial charge on any atom is -0.373 e. The molecule has 1 heterocycles. The molecule has 1 N–H and O–H groups in total. The van der Waals surface area contributed by atoms with Crippen LogP contribution >= 0.6 is 0 Å². The van der Waals surface area contributed by atoms with E-state index in [0.717, 1.165) is 12.1 Å². The number of anilines is 1. The van der Waals surface area contributed by atoms with Crippen LogP contribution in [0.15, 0.2) is 18.2 Å². The molecule has 0 amide bonds. The molecule has 0 bridgehead atoms. The molecule has 20 heavy (non-hydrogen) atoms. The predicted octanol–water partition coefficient (Wildman–Crippen LogP) is 3.46. The molecule has 1 aromatic carbocycles. The molecule has 1 aromatic rings. The van der Waals surface area contributed by atoms with Gasteiger partial charge in [-0.25, -0.2) is 0 Å². The third kappa shape index (κ3) is 3.26. The minimum atomic E-state index is -4.09. The first-order chi connectivity index (χ1) is 9.21. The van der Waals surface area contributed by atoms with E-state index in [4.69, 9.17) is 0 Å². The first kappa shape index (κ1) is 15.2. The molecule has 1 aliphatic heterocycles. The van der Waals surface area contributed by atoms with E-state index in [1.807, 2.05) is 12.1 Å². The summed E-state index contributed by atoms with van der Waals surface area (Å²) >= 11 is 0. The van der Waals surface area contributed by atoms with Gasteiger partial charge in [-0.1, -0.05) is 26.0 Å². The van der Waals surface area contributed by atoms with Crippen molar-refractivity contribution in [2.45, 2.75) is 38.4 Å².